The van der Waals surface area contributed by atoms with Crippen LogP contribution in [0.5, 0.6) is 0 Å². The van der Waals surface area contributed by atoms with Crippen molar-refractivity contribution in [1.29, 1.82) is 5.41 Å². The lowest BCUT2D eigenvalue weighted by Gasteiger charge is -2.07. The number of rotatable bonds is 4. The predicted octanol–water partition coefficient (Wildman–Crippen LogP) is 1.81. The lowest BCUT2D eigenvalue weighted by Crippen LogP contribution is -2.23. The van der Waals surface area contributed by atoms with Crippen molar-refractivity contribution in [3.8, 4) is 11.3 Å². The van der Waals surface area contributed by atoms with Crippen LogP contribution in [-0.4, -0.2) is 20.9 Å². The van der Waals surface area contributed by atoms with Gasteiger partial charge in [-0.05, 0) is 19.1 Å². The Bertz CT molecular complexity index is 644. The van der Waals surface area contributed by atoms with Crippen molar-refractivity contribution in [2.75, 3.05) is 0 Å². The van der Waals surface area contributed by atoms with E-state index >= 15 is 0 Å². The minimum Gasteiger partial charge on any atom is -0.481 e. The summed E-state index contributed by atoms with van der Waals surface area (Å²) in [4.78, 5) is 10.6. The summed E-state index contributed by atoms with van der Waals surface area (Å²) in [6, 6.07) is 11.3. The van der Waals surface area contributed by atoms with Gasteiger partial charge in [-0.25, -0.2) is 4.68 Å². The molecule has 0 aliphatic rings. The van der Waals surface area contributed by atoms with Gasteiger partial charge in [0.15, 0.2) is 0 Å². The zero-order chi connectivity index (χ0) is 13.8. The topological polar surface area (TPSA) is 79.0 Å². The summed E-state index contributed by atoms with van der Waals surface area (Å²) >= 11 is 0. The molecule has 0 saturated carbocycles. The highest BCUT2D eigenvalue weighted by atomic mass is 16.4. The molecule has 1 aromatic heterocycles. The van der Waals surface area contributed by atoms with Crippen molar-refractivity contribution < 1.29 is 9.90 Å². The van der Waals surface area contributed by atoms with Gasteiger partial charge in [0.25, 0.3) is 0 Å². The summed E-state index contributed by atoms with van der Waals surface area (Å²) in [6.07, 6.45) is -0.0408. The summed E-state index contributed by atoms with van der Waals surface area (Å²) in [6.45, 7) is 2.21. The monoisotopic (exact) mass is 257 g/mol. The van der Waals surface area contributed by atoms with E-state index in [1.807, 2.05) is 31.2 Å². The Morgan fingerprint density at radius 1 is 1.26 bits per heavy atom. The predicted molar refractivity (Wildman–Crippen MR) is 70.5 cm³/mol. The molecule has 0 bridgehead atoms. The van der Waals surface area contributed by atoms with E-state index in [1.165, 1.54) is 10.2 Å². The van der Waals surface area contributed by atoms with Crippen LogP contribution in [0.4, 0.5) is 0 Å². The number of aryl methyl sites for hydroxylation is 2. The van der Waals surface area contributed by atoms with Gasteiger partial charge in [-0.2, -0.15) is 5.10 Å². The van der Waals surface area contributed by atoms with Crippen LogP contribution >= 0.6 is 0 Å². The molecule has 5 heteroatoms. The maximum Gasteiger partial charge on any atom is 0.305 e. The van der Waals surface area contributed by atoms with Crippen LogP contribution in [0.2, 0.25) is 0 Å². The van der Waals surface area contributed by atoms with E-state index in [4.69, 9.17) is 10.5 Å². The molecule has 1 aromatic carbocycles. The third kappa shape index (κ3) is 3.28. The highest BCUT2D eigenvalue weighted by molar-refractivity contribution is 5.66. The fraction of sp³-hybridized carbons (Fsp3) is 0.214. The second-order valence-corrected chi connectivity index (χ2v) is 4.34. The molecular weight excluding hydrogens is 242 g/mol. The largest absolute Gasteiger partial charge is 0.481 e. The van der Waals surface area contributed by atoms with Gasteiger partial charge < -0.3 is 5.11 Å². The van der Waals surface area contributed by atoms with Gasteiger partial charge >= 0.3 is 5.97 Å². The smallest absolute Gasteiger partial charge is 0.305 e. The molecule has 0 aliphatic carbocycles. The van der Waals surface area contributed by atoms with Crippen LogP contribution in [0.1, 0.15) is 12.0 Å². The van der Waals surface area contributed by atoms with Crippen LogP contribution in [0.3, 0.4) is 0 Å². The zero-order valence-corrected chi connectivity index (χ0v) is 10.6. The molecule has 2 rings (SSSR count). The van der Waals surface area contributed by atoms with E-state index in [0.29, 0.717) is 0 Å². The molecule has 0 amide bonds. The first-order valence-corrected chi connectivity index (χ1v) is 5.98. The maximum atomic E-state index is 10.6. The molecule has 98 valence electrons. The molecule has 0 spiro atoms. The number of benzene rings is 1. The van der Waals surface area contributed by atoms with Gasteiger partial charge in [0.05, 0.1) is 18.7 Å². The lowest BCUT2D eigenvalue weighted by molar-refractivity contribution is -0.137. The number of aliphatic carboxylic acids is 1. The van der Waals surface area contributed by atoms with Crippen LogP contribution in [0.15, 0.2) is 36.4 Å². The van der Waals surface area contributed by atoms with Crippen molar-refractivity contribution in [2.24, 2.45) is 0 Å². The number of aromatic nitrogens is 2. The fourth-order valence-electron chi connectivity index (χ4n) is 1.71. The van der Waals surface area contributed by atoms with E-state index in [-0.39, 0.29) is 18.5 Å². The molecule has 2 N–H and O–H groups in total. The molecule has 0 unspecified atom stereocenters. The van der Waals surface area contributed by atoms with Gasteiger partial charge in [-0.1, -0.05) is 29.8 Å². The Kier molecular flexibility index (Phi) is 3.75. The molecule has 1 heterocycles. The Morgan fingerprint density at radius 3 is 2.58 bits per heavy atom. The molecule has 0 atom stereocenters. The molecule has 2 aromatic rings. The van der Waals surface area contributed by atoms with Crippen molar-refractivity contribution in [1.82, 2.24) is 9.78 Å². The summed E-state index contributed by atoms with van der Waals surface area (Å²) in [5, 5.41) is 20.7. The Balaban J connectivity index is 2.32. The van der Waals surface area contributed by atoms with E-state index in [1.54, 1.807) is 12.1 Å². The van der Waals surface area contributed by atoms with Crippen LogP contribution in [0.25, 0.3) is 11.3 Å². The number of nitrogens with zero attached hydrogens (tertiary/aromatic N) is 2. The minimum absolute atomic E-state index is 0.0408. The Morgan fingerprint density at radius 2 is 1.95 bits per heavy atom. The summed E-state index contributed by atoms with van der Waals surface area (Å²) < 4.78 is 1.41. The Hall–Kier alpha value is -2.43. The van der Waals surface area contributed by atoms with E-state index < -0.39 is 5.97 Å². The highest BCUT2D eigenvalue weighted by Crippen LogP contribution is 2.15. The van der Waals surface area contributed by atoms with Crippen molar-refractivity contribution in [3.05, 3.63) is 47.4 Å². The fourth-order valence-corrected chi connectivity index (χ4v) is 1.71. The first-order chi connectivity index (χ1) is 9.06. The van der Waals surface area contributed by atoms with Crippen LogP contribution in [-0.2, 0) is 11.3 Å². The lowest BCUT2D eigenvalue weighted by atomic mass is 10.1. The number of carboxylic acid groups (broad SMARTS) is 1. The molecule has 19 heavy (non-hydrogen) atoms. The first-order valence-electron chi connectivity index (χ1n) is 5.98. The van der Waals surface area contributed by atoms with Gasteiger partial charge in [0.2, 0.25) is 0 Å². The highest BCUT2D eigenvalue weighted by Gasteiger charge is 2.03. The average molecular weight is 257 g/mol. The first kappa shape index (κ1) is 13.0. The second kappa shape index (κ2) is 5.48. The van der Waals surface area contributed by atoms with E-state index in [2.05, 4.69) is 5.10 Å². The van der Waals surface area contributed by atoms with Crippen molar-refractivity contribution >= 4 is 5.97 Å². The average Bonchev–Trinajstić information content (AvgIpc) is 2.39. The van der Waals surface area contributed by atoms with Gasteiger partial charge in [0.1, 0.15) is 5.49 Å². The number of nitrogens with one attached hydrogen (secondary N) is 1. The third-order valence-corrected chi connectivity index (χ3v) is 2.79. The molecule has 0 radical (unpaired) electrons. The summed E-state index contributed by atoms with van der Waals surface area (Å²) in [5.41, 5.74) is 3.06. The summed E-state index contributed by atoms with van der Waals surface area (Å²) in [7, 11) is 0. The molecule has 5 nitrogen and oxygen atoms in total. The Labute approximate surface area is 110 Å². The van der Waals surface area contributed by atoms with Gasteiger partial charge in [0, 0.05) is 5.56 Å². The zero-order valence-electron chi connectivity index (χ0n) is 10.6. The molecule has 0 fully saturated rings. The van der Waals surface area contributed by atoms with Crippen molar-refractivity contribution in [3.63, 3.8) is 0 Å². The molecular formula is C14H15N3O2. The number of carbonyl (C=O) groups is 1. The standard InChI is InChI=1S/C14H15N3O2/c1-10-2-4-11(5-3-10)12-6-7-13(15)17(16-12)9-8-14(18)19/h2-7,15H,8-9H2,1H3,(H,18,19). The SMILES string of the molecule is Cc1ccc(-c2ccc(=N)n(CCC(=O)O)n2)cc1. The number of carboxylic acids is 1. The minimum atomic E-state index is -0.894. The molecule has 0 aliphatic heterocycles. The van der Waals surface area contributed by atoms with E-state index in [9.17, 15) is 4.79 Å². The maximum absolute atomic E-state index is 10.6. The summed E-state index contributed by atoms with van der Waals surface area (Å²) in [5.74, 6) is -0.894. The van der Waals surface area contributed by atoms with E-state index in [0.717, 1.165) is 11.3 Å². The number of hydrogen-bond acceptors (Lipinski definition) is 3. The molecule has 0 saturated heterocycles. The third-order valence-electron chi connectivity index (χ3n) is 2.79. The van der Waals surface area contributed by atoms with Crippen LogP contribution in [0, 0.1) is 12.3 Å². The second-order valence-electron chi connectivity index (χ2n) is 4.34. The normalized spacial score (nSPS) is 10.4. The van der Waals surface area contributed by atoms with Gasteiger partial charge in [-0.3, -0.25) is 10.2 Å². The number of hydrogen-bond donors (Lipinski definition) is 2. The van der Waals surface area contributed by atoms with Crippen LogP contribution < -0.4 is 5.49 Å². The van der Waals surface area contributed by atoms with Gasteiger partial charge in [-0.15, -0.1) is 0 Å². The quantitative estimate of drug-likeness (QED) is 0.876. The van der Waals surface area contributed by atoms with Crippen molar-refractivity contribution in [2.45, 2.75) is 19.9 Å².